The fraction of sp³-hybridized carbons (Fsp3) is 0.611. The zero-order valence-electron chi connectivity index (χ0n) is 12.8. The van der Waals surface area contributed by atoms with Gasteiger partial charge in [0.25, 0.3) is 0 Å². The van der Waals surface area contributed by atoms with Crippen molar-refractivity contribution in [2.45, 2.75) is 50.2 Å². The van der Waals surface area contributed by atoms with Gasteiger partial charge in [-0.3, -0.25) is 4.79 Å². The summed E-state index contributed by atoms with van der Waals surface area (Å²) in [5, 5.41) is 23.8. The first-order valence-electron chi connectivity index (χ1n) is 8.25. The minimum absolute atomic E-state index is 0.00127. The highest BCUT2D eigenvalue weighted by molar-refractivity contribution is 5.82. The van der Waals surface area contributed by atoms with Crippen LogP contribution in [0.2, 0.25) is 0 Å². The summed E-state index contributed by atoms with van der Waals surface area (Å²) in [7, 11) is 0. The molecule has 1 saturated heterocycles. The molecule has 1 aliphatic heterocycles. The molecule has 3 N–H and O–H groups in total. The maximum Gasteiger partial charge on any atom is 0.133 e. The third kappa shape index (κ3) is 1.60. The second-order valence-corrected chi connectivity index (χ2v) is 7.18. The van der Waals surface area contributed by atoms with Crippen LogP contribution in [0.1, 0.15) is 42.4 Å². The fourth-order valence-corrected chi connectivity index (χ4v) is 5.56. The summed E-state index contributed by atoms with van der Waals surface area (Å²) in [5.74, 6) is 0.297. The first-order chi connectivity index (χ1) is 10.7. The van der Waals surface area contributed by atoms with Gasteiger partial charge in [-0.2, -0.15) is 0 Å². The van der Waals surface area contributed by atoms with Crippen LogP contribution in [0.25, 0.3) is 0 Å². The van der Waals surface area contributed by atoms with E-state index in [2.05, 4.69) is 11.4 Å². The summed E-state index contributed by atoms with van der Waals surface area (Å²) in [6, 6.07) is 6.31. The van der Waals surface area contributed by atoms with Crippen LogP contribution >= 0.6 is 0 Å². The average molecular weight is 301 g/mol. The molecule has 118 valence electrons. The summed E-state index contributed by atoms with van der Waals surface area (Å²) < 4.78 is 0. The number of carbonyl (C=O) groups is 1. The van der Waals surface area contributed by atoms with E-state index in [1.54, 1.807) is 0 Å². The lowest BCUT2D eigenvalue weighted by molar-refractivity contribution is -0.134. The Morgan fingerprint density at radius 3 is 2.91 bits per heavy atom. The van der Waals surface area contributed by atoms with Crippen LogP contribution in [0.4, 0.5) is 0 Å². The minimum Gasteiger partial charge on any atom is -0.396 e. The Bertz CT molecular complexity index is 629. The molecule has 2 fully saturated rings. The largest absolute Gasteiger partial charge is 0.396 e. The Morgan fingerprint density at radius 1 is 1.27 bits per heavy atom. The highest BCUT2D eigenvalue weighted by Crippen LogP contribution is 2.61. The van der Waals surface area contributed by atoms with Crippen LogP contribution in [0, 0.1) is 5.41 Å². The topological polar surface area (TPSA) is 69.6 Å². The van der Waals surface area contributed by atoms with Crippen molar-refractivity contribution in [3.05, 3.63) is 34.9 Å². The van der Waals surface area contributed by atoms with Crippen molar-refractivity contribution in [2.24, 2.45) is 5.41 Å². The molecule has 0 spiro atoms. The number of aliphatic hydroxyl groups excluding tert-OH is 2. The number of Topliss-reactive ketones (excluding diaryl/α,β-unsaturated/α-hetero) is 1. The molecule has 1 heterocycles. The zero-order valence-corrected chi connectivity index (χ0v) is 12.8. The lowest BCUT2D eigenvalue weighted by Crippen LogP contribution is -2.69. The number of nitrogens with one attached hydrogen (secondary N) is 1. The highest BCUT2D eigenvalue weighted by atomic mass is 16.3. The Hall–Kier alpha value is -1.23. The maximum absolute atomic E-state index is 12.3. The zero-order chi connectivity index (χ0) is 15.4. The smallest absolute Gasteiger partial charge is 0.133 e. The van der Waals surface area contributed by atoms with Gasteiger partial charge in [0.2, 0.25) is 0 Å². The summed E-state index contributed by atoms with van der Waals surface area (Å²) in [5.41, 5.74) is 2.77. The Balaban J connectivity index is 2.01. The molecule has 0 unspecified atom stereocenters. The molecule has 0 aromatic heterocycles. The molecule has 4 heteroatoms. The number of rotatable bonds is 2. The van der Waals surface area contributed by atoms with Gasteiger partial charge in [0, 0.05) is 29.7 Å². The quantitative estimate of drug-likeness (QED) is 0.764. The maximum atomic E-state index is 12.3. The van der Waals surface area contributed by atoms with Gasteiger partial charge in [0.05, 0.1) is 13.2 Å². The number of carbonyl (C=O) groups excluding carboxylic acids is 1. The van der Waals surface area contributed by atoms with Crippen LogP contribution < -0.4 is 5.32 Å². The van der Waals surface area contributed by atoms with E-state index in [1.807, 2.05) is 12.1 Å². The second-order valence-electron chi connectivity index (χ2n) is 7.18. The van der Waals surface area contributed by atoms with Crippen molar-refractivity contribution in [3.63, 3.8) is 0 Å². The molecule has 3 atom stereocenters. The van der Waals surface area contributed by atoms with Crippen LogP contribution in [-0.4, -0.2) is 35.2 Å². The van der Waals surface area contributed by atoms with E-state index < -0.39 is 0 Å². The van der Waals surface area contributed by atoms with Crippen molar-refractivity contribution in [2.75, 3.05) is 13.2 Å². The Morgan fingerprint density at radius 2 is 2.14 bits per heavy atom. The molecule has 22 heavy (non-hydrogen) atoms. The summed E-state index contributed by atoms with van der Waals surface area (Å²) in [6.07, 6.45) is 3.56. The van der Waals surface area contributed by atoms with Crippen LogP contribution in [-0.2, 0) is 23.2 Å². The second kappa shape index (κ2) is 4.88. The van der Waals surface area contributed by atoms with Crippen molar-refractivity contribution in [1.29, 1.82) is 0 Å². The van der Waals surface area contributed by atoms with Gasteiger partial charge >= 0.3 is 0 Å². The molecule has 4 rings (SSSR count). The molecule has 1 aromatic carbocycles. The normalized spacial score (nSPS) is 36.6. The molecule has 0 amide bonds. The summed E-state index contributed by atoms with van der Waals surface area (Å²) in [4.78, 5) is 12.3. The number of hydrogen-bond acceptors (Lipinski definition) is 4. The van der Waals surface area contributed by atoms with E-state index in [4.69, 9.17) is 0 Å². The number of benzene rings is 1. The fourth-order valence-electron chi connectivity index (χ4n) is 5.56. The number of hydrogen-bond donors (Lipinski definition) is 3. The summed E-state index contributed by atoms with van der Waals surface area (Å²) >= 11 is 0. The van der Waals surface area contributed by atoms with E-state index in [-0.39, 0.29) is 30.1 Å². The average Bonchev–Trinajstić information content (AvgIpc) is 2.53. The first kappa shape index (κ1) is 14.4. The predicted octanol–water partition coefficient (Wildman–Crippen LogP) is 1.07. The van der Waals surface area contributed by atoms with E-state index in [9.17, 15) is 15.0 Å². The first-order valence-corrected chi connectivity index (χ1v) is 8.25. The predicted molar refractivity (Wildman–Crippen MR) is 82.5 cm³/mol. The van der Waals surface area contributed by atoms with E-state index >= 15 is 0 Å². The molecule has 4 nitrogen and oxygen atoms in total. The molecule has 0 radical (unpaired) electrons. The minimum atomic E-state index is -0.306. The number of aliphatic hydroxyl groups is 2. The lowest BCUT2D eigenvalue weighted by Gasteiger charge is -2.63. The van der Waals surface area contributed by atoms with Gasteiger partial charge in [-0.25, -0.2) is 0 Å². The molecule has 1 saturated carbocycles. The molecular weight excluding hydrogens is 278 g/mol. The van der Waals surface area contributed by atoms with E-state index in [0.717, 1.165) is 36.9 Å². The van der Waals surface area contributed by atoms with Gasteiger partial charge in [-0.05, 0) is 42.5 Å². The van der Waals surface area contributed by atoms with Gasteiger partial charge in [0.1, 0.15) is 5.78 Å². The molecule has 3 aliphatic rings. The van der Waals surface area contributed by atoms with Crippen molar-refractivity contribution >= 4 is 5.78 Å². The van der Waals surface area contributed by atoms with Crippen molar-refractivity contribution in [3.8, 4) is 0 Å². The number of fused-ring (bicyclic) bond motifs is 1. The van der Waals surface area contributed by atoms with Gasteiger partial charge in [-0.1, -0.05) is 18.2 Å². The third-order valence-corrected chi connectivity index (χ3v) is 6.50. The van der Waals surface area contributed by atoms with Crippen LogP contribution in [0.5, 0.6) is 0 Å². The van der Waals surface area contributed by atoms with Gasteiger partial charge in [-0.15, -0.1) is 0 Å². The van der Waals surface area contributed by atoms with Crippen LogP contribution in [0.3, 0.4) is 0 Å². The molecule has 2 aliphatic carbocycles. The highest BCUT2D eigenvalue weighted by Gasteiger charge is 2.63. The monoisotopic (exact) mass is 301 g/mol. The number of piperidine rings is 1. The SMILES string of the molecule is O=C1CC[C@@]2(CO)[C@H]3Cc4cccc(CO)c4[C@@]2(CCN3)C1. The van der Waals surface area contributed by atoms with Crippen molar-refractivity contribution < 1.29 is 15.0 Å². The Kier molecular flexibility index (Phi) is 3.19. The molecule has 2 bridgehead atoms. The third-order valence-electron chi connectivity index (χ3n) is 6.50. The van der Waals surface area contributed by atoms with Gasteiger partial charge in [0.15, 0.2) is 0 Å². The lowest BCUT2D eigenvalue weighted by atomic mass is 9.44. The van der Waals surface area contributed by atoms with Crippen molar-refractivity contribution in [1.82, 2.24) is 5.32 Å². The van der Waals surface area contributed by atoms with E-state index in [1.165, 1.54) is 5.56 Å². The number of ketones is 1. The molecule has 1 aromatic rings. The molecular formula is C18H23NO3. The standard InChI is InChI=1S/C18H23NO3/c20-10-13-3-1-2-12-8-15-18(11-21)5-4-14(22)9-17(18,16(12)13)6-7-19-15/h1-3,15,19-21H,4-11H2/t15-,17-,18-/m1/s1. The Labute approximate surface area is 130 Å². The van der Waals surface area contributed by atoms with E-state index in [0.29, 0.717) is 18.6 Å². The summed E-state index contributed by atoms with van der Waals surface area (Å²) in [6.45, 7) is 0.981. The van der Waals surface area contributed by atoms with Gasteiger partial charge < -0.3 is 15.5 Å². The van der Waals surface area contributed by atoms with Crippen LogP contribution in [0.15, 0.2) is 18.2 Å².